The molecule has 1 saturated heterocycles. The van der Waals surface area contributed by atoms with Gasteiger partial charge in [-0.3, -0.25) is 9.59 Å². The first kappa shape index (κ1) is 13.9. The van der Waals surface area contributed by atoms with Crippen LogP contribution < -0.4 is 10.6 Å². The maximum atomic E-state index is 12.5. The van der Waals surface area contributed by atoms with Gasteiger partial charge in [0.2, 0.25) is 5.91 Å². The monoisotopic (exact) mass is 287 g/mol. The van der Waals surface area contributed by atoms with Gasteiger partial charge in [-0.1, -0.05) is 6.07 Å². The Morgan fingerprint density at radius 1 is 1.29 bits per heavy atom. The molecule has 0 atom stereocenters. The summed E-state index contributed by atoms with van der Waals surface area (Å²) in [5.74, 6) is 0.0947. The number of benzene rings is 1. The maximum Gasteiger partial charge on any atom is 0.253 e. The molecule has 1 aromatic rings. The lowest BCUT2D eigenvalue weighted by atomic mass is 10.0. The van der Waals surface area contributed by atoms with Gasteiger partial charge in [-0.25, -0.2) is 0 Å². The lowest BCUT2D eigenvalue weighted by molar-refractivity contribution is -0.119. The average molecular weight is 287 g/mol. The summed E-state index contributed by atoms with van der Waals surface area (Å²) in [6.07, 6.45) is 2.69. The molecule has 2 amide bonds. The van der Waals surface area contributed by atoms with Crippen LogP contribution in [-0.2, 0) is 11.2 Å². The Bertz CT molecular complexity index is 563. The summed E-state index contributed by atoms with van der Waals surface area (Å²) < 4.78 is 0. The molecule has 5 nitrogen and oxygen atoms in total. The zero-order valence-corrected chi connectivity index (χ0v) is 12.3. The number of likely N-dealkylation sites (tertiary alicyclic amines) is 1. The van der Waals surface area contributed by atoms with Crippen LogP contribution in [0.4, 0.5) is 5.69 Å². The van der Waals surface area contributed by atoms with Gasteiger partial charge in [0.15, 0.2) is 0 Å². The summed E-state index contributed by atoms with van der Waals surface area (Å²) in [5.41, 5.74) is 3.13. The van der Waals surface area contributed by atoms with Crippen molar-refractivity contribution in [3.63, 3.8) is 0 Å². The highest BCUT2D eigenvalue weighted by Gasteiger charge is 2.24. The van der Waals surface area contributed by atoms with Crippen molar-refractivity contribution in [2.24, 2.45) is 0 Å². The van der Waals surface area contributed by atoms with E-state index < -0.39 is 0 Å². The summed E-state index contributed by atoms with van der Waals surface area (Å²) in [4.78, 5) is 25.5. The molecule has 0 radical (unpaired) electrons. The fraction of sp³-hybridized carbons (Fsp3) is 0.500. The lowest BCUT2D eigenvalue weighted by Crippen LogP contribution is -2.46. The van der Waals surface area contributed by atoms with Crippen molar-refractivity contribution in [1.82, 2.24) is 10.2 Å². The summed E-state index contributed by atoms with van der Waals surface area (Å²) in [6.45, 7) is 3.90. The third kappa shape index (κ3) is 3.01. The van der Waals surface area contributed by atoms with E-state index in [4.69, 9.17) is 0 Å². The van der Waals surface area contributed by atoms with Crippen molar-refractivity contribution in [2.75, 3.05) is 25.0 Å². The van der Waals surface area contributed by atoms with Gasteiger partial charge in [-0.15, -0.1) is 0 Å². The number of carbonyl (C=O) groups is 2. The van der Waals surface area contributed by atoms with Crippen LogP contribution >= 0.6 is 0 Å². The van der Waals surface area contributed by atoms with Crippen LogP contribution in [0.3, 0.4) is 0 Å². The van der Waals surface area contributed by atoms with E-state index >= 15 is 0 Å². The van der Waals surface area contributed by atoms with E-state index in [0.717, 1.165) is 37.1 Å². The highest BCUT2D eigenvalue weighted by molar-refractivity contribution is 5.95. The van der Waals surface area contributed by atoms with E-state index in [-0.39, 0.29) is 17.9 Å². The number of fused-ring (bicyclic) bond motifs is 1. The Balaban J connectivity index is 1.63. The Labute approximate surface area is 124 Å². The molecule has 112 valence electrons. The van der Waals surface area contributed by atoms with Gasteiger partial charge in [0.25, 0.3) is 5.91 Å². The molecule has 2 aliphatic rings. The van der Waals surface area contributed by atoms with Crippen molar-refractivity contribution >= 4 is 17.5 Å². The molecule has 3 rings (SSSR count). The molecule has 0 spiro atoms. The van der Waals surface area contributed by atoms with E-state index in [1.54, 1.807) is 0 Å². The number of carbonyl (C=O) groups excluding carboxylic acids is 2. The van der Waals surface area contributed by atoms with Crippen molar-refractivity contribution in [2.45, 2.75) is 32.2 Å². The van der Waals surface area contributed by atoms with Crippen LogP contribution in [0.25, 0.3) is 0 Å². The van der Waals surface area contributed by atoms with E-state index in [2.05, 4.69) is 10.6 Å². The molecule has 21 heavy (non-hydrogen) atoms. The van der Waals surface area contributed by atoms with Gasteiger partial charge >= 0.3 is 0 Å². The summed E-state index contributed by atoms with van der Waals surface area (Å²) in [6, 6.07) is 6.14. The van der Waals surface area contributed by atoms with E-state index in [0.29, 0.717) is 13.1 Å². The first-order valence-electron chi connectivity index (χ1n) is 7.56. The van der Waals surface area contributed by atoms with Crippen molar-refractivity contribution in [1.29, 1.82) is 0 Å². The Morgan fingerprint density at radius 3 is 2.76 bits per heavy atom. The predicted octanol–water partition coefficient (Wildman–Crippen LogP) is 1.40. The van der Waals surface area contributed by atoms with Gasteiger partial charge in [-0.05, 0) is 37.0 Å². The SMILES string of the molecule is CC(=O)NC1CCN(C(=O)c2ccc3c(c2)NCC3)CC1. The average Bonchev–Trinajstić information content (AvgIpc) is 2.94. The van der Waals surface area contributed by atoms with Crippen LogP contribution in [0.15, 0.2) is 18.2 Å². The second-order valence-corrected chi connectivity index (χ2v) is 5.82. The number of anilines is 1. The molecule has 5 heteroatoms. The van der Waals surface area contributed by atoms with Crippen LogP contribution in [-0.4, -0.2) is 42.4 Å². The summed E-state index contributed by atoms with van der Waals surface area (Å²) in [5, 5.41) is 6.24. The van der Waals surface area contributed by atoms with E-state index in [9.17, 15) is 9.59 Å². The van der Waals surface area contributed by atoms with Crippen LogP contribution in [0.1, 0.15) is 35.7 Å². The molecule has 0 bridgehead atoms. The second-order valence-electron chi connectivity index (χ2n) is 5.82. The molecule has 2 N–H and O–H groups in total. The van der Waals surface area contributed by atoms with Gasteiger partial charge in [0.1, 0.15) is 0 Å². The van der Waals surface area contributed by atoms with E-state index in [1.165, 1.54) is 12.5 Å². The van der Waals surface area contributed by atoms with E-state index in [1.807, 2.05) is 23.1 Å². The standard InChI is InChI=1S/C16H21N3O2/c1-11(20)18-14-5-8-19(9-6-14)16(21)13-3-2-12-4-7-17-15(12)10-13/h2-3,10,14,17H,4-9H2,1H3,(H,18,20). The van der Waals surface area contributed by atoms with Gasteiger partial charge in [0, 0.05) is 43.9 Å². The smallest absolute Gasteiger partial charge is 0.253 e. The third-order valence-corrected chi connectivity index (χ3v) is 4.26. The van der Waals surface area contributed by atoms with Gasteiger partial charge in [0.05, 0.1) is 0 Å². The second kappa shape index (κ2) is 5.76. The molecular weight excluding hydrogens is 266 g/mol. The van der Waals surface area contributed by atoms with Gasteiger partial charge < -0.3 is 15.5 Å². The number of amides is 2. The highest BCUT2D eigenvalue weighted by atomic mass is 16.2. The first-order valence-corrected chi connectivity index (χ1v) is 7.56. The Hall–Kier alpha value is -2.04. The maximum absolute atomic E-state index is 12.5. The number of piperidine rings is 1. The van der Waals surface area contributed by atoms with Gasteiger partial charge in [-0.2, -0.15) is 0 Å². The normalized spacial score (nSPS) is 18.0. The number of hydrogen-bond donors (Lipinski definition) is 2. The van der Waals surface area contributed by atoms with Crippen molar-refractivity contribution in [3.05, 3.63) is 29.3 Å². The molecule has 2 aliphatic heterocycles. The van der Waals surface area contributed by atoms with Crippen molar-refractivity contribution in [3.8, 4) is 0 Å². The number of nitrogens with zero attached hydrogens (tertiary/aromatic N) is 1. The third-order valence-electron chi connectivity index (χ3n) is 4.26. The molecule has 0 aliphatic carbocycles. The largest absolute Gasteiger partial charge is 0.384 e. The zero-order valence-electron chi connectivity index (χ0n) is 12.3. The molecule has 0 unspecified atom stereocenters. The van der Waals surface area contributed by atoms with Crippen LogP contribution in [0.5, 0.6) is 0 Å². The number of hydrogen-bond acceptors (Lipinski definition) is 3. The lowest BCUT2D eigenvalue weighted by Gasteiger charge is -2.32. The molecule has 0 aromatic heterocycles. The minimum absolute atomic E-state index is 0.00414. The first-order chi connectivity index (χ1) is 10.1. The fourth-order valence-electron chi connectivity index (χ4n) is 3.12. The zero-order chi connectivity index (χ0) is 14.8. The molecule has 1 aromatic carbocycles. The number of nitrogens with one attached hydrogen (secondary N) is 2. The molecule has 0 saturated carbocycles. The minimum atomic E-state index is 0.00414. The molecule has 2 heterocycles. The summed E-state index contributed by atoms with van der Waals surface area (Å²) >= 11 is 0. The summed E-state index contributed by atoms with van der Waals surface area (Å²) in [7, 11) is 0. The fourth-order valence-corrected chi connectivity index (χ4v) is 3.12. The Kier molecular flexibility index (Phi) is 3.82. The molecular formula is C16H21N3O2. The minimum Gasteiger partial charge on any atom is -0.384 e. The van der Waals surface area contributed by atoms with Crippen molar-refractivity contribution < 1.29 is 9.59 Å². The Morgan fingerprint density at radius 2 is 2.05 bits per heavy atom. The molecule has 1 fully saturated rings. The predicted molar refractivity (Wildman–Crippen MR) is 81.4 cm³/mol. The quantitative estimate of drug-likeness (QED) is 0.864. The van der Waals surface area contributed by atoms with Crippen LogP contribution in [0, 0.1) is 0 Å². The number of rotatable bonds is 2. The topological polar surface area (TPSA) is 61.4 Å². The highest BCUT2D eigenvalue weighted by Crippen LogP contribution is 2.24. The van der Waals surface area contributed by atoms with Crippen LogP contribution in [0.2, 0.25) is 0 Å².